The van der Waals surface area contributed by atoms with Crippen LogP contribution in [0.15, 0.2) is 60.7 Å². The molecule has 0 saturated heterocycles. The molecule has 30 heavy (non-hydrogen) atoms. The zero-order valence-corrected chi connectivity index (χ0v) is 15.7. The lowest BCUT2D eigenvalue weighted by Crippen LogP contribution is -2.35. The molecule has 0 spiro atoms. The van der Waals surface area contributed by atoms with Gasteiger partial charge >= 0.3 is 6.18 Å². The minimum Gasteiger partial charge on any atom is -0.363 e. The van der Waals surface area contributed by atoms with Gasteiger partial charge in [0.15, 0.2) is 11.7 Å². The summed E-state index contributed by atoms with van der Waals surface area (Å²) in [4.78, 5) is 12.4. The van der Waals surface area contributed by atoms with E-state index in [0.717, 1.165) is 10.2 Å². The molecule has 0 aliphatic carbocycles. The minimum absolute atomic E-state index is 0.101. The Bertz CT molecular complexity index is 1030. The first-order valence-corrected chi connectivity index (χ1v) is 9.31. The summed E-state index contributed by atoms with van der Waals surface area (Å²) in [5.74, 6) is -0.881. The van der Waals surface area contributed by atoms with Crippen molar-refractivity contribution in [2.75, 3.05) is 5.32 Å². The van der Waals surface area contributed by atoms with Gasteiger partial charge in [-0.1, -0.05) is 42.5 Å². The predicted octanol–water partition coefficient (Wildman–Crippen LogP) is 4.61. The van der Waals surface area contributed by atoms with Crippen molar-refractivity contribution in [2.24, 2.45) is 0 Å². The fourth-order valence-electron chi connectivity index (χ4n) is 3.46. The fraction of sp³-hybridized carbons (Fsp3) is 0.238. The molecule has 2 heterocycles. The topological polar surface area (TPSA) is 59.0 Å². The molecule has 1 aromatic heterocycles. The van der Waals surface area contributed by atoms with Gasteiger partial charge in [0, 0.05) is 19.0 Å². The fourth-order valence-corrected chi connectivity index (χ4v) is 3.46. The van der Waals surface area contributed by atoms with Crippen molar-refractivity contribution < 1.29 is 22.4 Å². The molecule has 2 aromatic carbocycles. The molecule has 4 rings (SSSR count). The second-order valence-corrected chi connectivity index (χ2v) is 7.07. The molecule has 2 N–H and O–H groups in total. The molecule has 0 fully saturated rings. The number of benzene rings is 2. The Labute approximate surface area is 169 Å². The van der Waals surface area contributed by atoms with Crippen LogP contribution in [0.4, 0.5) is 23.4 Å². The highest BCUT2D eigenvalue weighted by atomic mass is 19.4. The van der Waals surface area contributed by atoms with Crippen molar-refractivity contribution in [3.8, 4) is 0 Å². The number of hydrogen-bond acceptors (Lipinski definition) is 3. The Morgan fingerprint density at radius 3 is 2.50 bits per heavy atom. The lowest BCUT2D eigenvalue weighted by molar-refractivity contribution is -0.173. The lowest BCUT2D eigenvalue weighted by Gasteiger charge is -2.33. The van der Waals surface area contributed by atoms with Crippen molar-refractivity contribution in [1.29, 1.82) is 0 Å². The van der Waals surface area contributed by atoms with Gasteiger partial charge in [0.05, 0.1) is 6.04 Å². The van der Waals surface area contributed by atoms with Gasteiger partial charge in [0.1, 0.15) is 11.6 Å². The number of anilines is 1. The molecule has 0 saturated carbocycles. The number of carbonyl (C=O) groups is 1. The number of amides is 1. The molecule has 156 valence electrons. The van der Waals surface area contributed by atoms with Crippen molar-refractivity contribution in [2.45, 2.75) is 31.2 Å². The van der Waals surface area contributed by atoms with Crippen LogP contribution in [0.25, 0.3) is 0 Å². The normalized spacial score (nSPS) is 18.4. The van der Waals surface area contributed by atoms with Crippen molar-refractivity contribution in [1.82, 2.24) is 15.1 Å². The summed E-state index contributed by atoms with van der Waals surface area (Å²) in [6.07, 6.45) is -4.75. The number of hydrogen-bond donors (Lipinski definition) is 2. The molecule has 1 aliphatic heterocycles. The van der Waals surface area contributed by atoms with Crippen LogP contribution in [-0.4, -0.2) is 21.9 Å². The summed E-state index contributed by atoms with van der Waals surface area (Å²) in [5, 5.41) is 9.56. The SMILES string of the molecule is O=C(NCc1ccc(F)cc1)c1cc2n(n1)[C@@H](C(F)(F)F)C[C@H](c1ccccc1)N2. The van der Waals surface area contributed by atoms with Gasteiger partial charge in [-0.2, -0.15) is 18.3 Å². The second kappa shape index (κ2) is 7.81. The van der Waals surface area contributed by atoms with E-state index in [4.69, 9.17) is 0 Å². The van der Waals surface area contributed by atoms with Gasteiger partial charge in [-0.25, -0.2) is 9.07 Å². The Morgan fingerprint density at radius 1 is 1.13 bits per heavy atom. The molecule has 3 aromatic rings. The van der Waals surface area contributed by atoms with E-state index < -0.39 is 30.0 Å². The predicted molar refractivity (Wildman–Crippen MR) is 102 cm³/mol. The molecular formula is C21H18F4N4O. The van der Waals surface area contributed by atoms with E-state index >= 15 is 0 Å². The second-order valence-electron chi connectivity index (χ2n) is 7.07. The smallest absolute Gasteiger partial charge is 0.363 e. The molecule has 0 bridgehead atoms. The lowest BCUT2D eigenvalue weighted by atomic mass is 9.97. The van der Waals surface area contributed by atoms with Gasteiger partial charge in [-0.3, -0.25) is 4.79 Å². The van der Waals surface area contributed by atoms with Gasteiger partial charge in [0.25, 0.3) is 5.91 Å². The number of nitrogens with zero attached hydrogens (tertiary/aromatic N) is 2. The van der Waals surface area contributed by atoms with E-state index in [1.54, 1.807) is 30.3 Å². The van der Waals surface area contributed by atoms with E-state index in [1.165, 1.54) is 30.3 Å². The highest BCUT2D eigenvalue weighted by molar-refractivity contribution is 5.93. The maximum absolute atomic E-state index is 13.7. The standard InChI is InChI=1S/C21H18F4N4O/c22-15-8-6-13(7-9-15)12-26-20(30)17-11-19-27-16(14-4-2-1-3-5-14)10-18(21(23,24)25)29(19)28-17/h1-9,11,16,18,27H,10,12H2,(H,26,30)/t16-,18-/m1/s1. The third-order valence-corrected chi connectivity index (χ3v) is 4.99. The number of rotatable bonds is 4. The Kier molecular flexibility index (Phi) is 5.19. The van der Waals surface area contributed by atoms with Crippen LogP contribution in [0.1, 0.15) is 40.1 Å². The van der Waals surface area contributed by atoms with E-state index in [0.29, 0.717) is 5.56 Å². The van der Waals surface area contributed by atoms with Crippen molar-refractivity contribution >= 4 is 11.7 Å². The highest BCUT2D eigenvalue weighted by Crippen LogP contribution is 2.43. The third kappa shape index (κ3) is 4.14. The molecule has 1 aliphatic rings. The quantitative estimate of drug-likeness (QED) is 0.609. The van der Waals surface area contributed by atoms with Gasteiger partial charge < -0.3 is 10.6 Å². The molecule has 0 radical (unpaired) electrons. The van der Waals surface area contributed by atoms with Gasteiger partial charge in [-0.05, 0) is 23.3 Å². The summed E-state index contributed by atoms with van der Waals surface area (Å²) in [5.41, 5.74) is 1.26. The van der Waals surface area contributed by atoms with E-state index in [9.17, 15) is 22.4 Å². The summed E-state index contributed by atoms with van der Waals surface area (Å²) < 4.78 is 54.9. The Hall–Kier alpha value is -3.36. The van der Waals surface area contributed by atoms with Gasteiger partial charge in [-0.15, -0.1) is 0 Å². The molecule has 1 amide bonds. The van der Waals surface area contributed by atoms with E-state index in [2.05, 4.69) is 15.7 Å². The highest BCUT2D eigenvalue weighted by Gasteiger charge is 2.46. The Morgan fingerprint density at radius 2 is 1.83 bits per heavy atom. The van der Waals surface area contributed by atoms with E-state index in [1.807, 2.05) is 0 Å². The number of nitrogens with one attached hydrogen (secondary N) is 2. The third-order valence-electron chi connectivity index (χ3n) is 4.99. The van der Waals surface area contributed by atoms with Crippen molar-refractivity contribution in [3.05, 3.63) is 83.3 Å². The average molecular weight is 418 g/mol. The van der Waals surface area contributed by atoms with Crippen LogP contribution in [-0.2, 0) is 6.54 Å². The summed E-state index contributed by atoms with van der Waals surface area (Å²) in [7, 11) is 0. The largest absolute Gasteiger partial charge is 0.410 e. The maximum atomic E-state index is 13.7. The number of aromatic nitrogens is 2. The number of alkyl halides is 3. The first-order valence-electron chi connectivity index (χ1n) is 9.31. The molecule has 9 heteroatoms. The number of fused-ring (bicyclic) bond motifs is 1. The number of halogens is 4. The minimum atomic E-state index is -4.52. The zero-order chi connectivity index (χ0) is 21.3. The van der Waals surface area contributed by atoms with Crippen LogP contribution < -0.4 is 10.6 Å². The first-order chi connectivity index (χ1) is 14.3. The number of carbonyl (C=O) groups excluding carboxylic acids is 1. The molecular weight excluding hydrogens is 400 g/mol. The molecule has 0 unspecified atom stereocenters. The summed E-state index contributed by atoms with van der Waals surface area (Å²) >= 11 is 0. The monoisotopic (exact) mass is 418 g/mol. The van der Waals surface area contributed by atoms with Gasteiger partial charge in [0.2, 0.25) is 0 Å². The first kappa shape index (κ1) is 19.9. The molecule has 2 atom stereocenters. The molecule has 5 nitrogen and oxygen atoms in total. The average Bonchev–Trinajstić information content (AvgIpc) is 3.16. The van der Waals surface area contributed by atoms with Crippen LogP contribution in [0, 0.1) is 5.82 Å². The van der Waals surface area contributed by atoms with Crippen LogP contribution in [0.5, 0.6) is 0 Å². The summed E-state index contributed by atoms with van der Waals surface area (Å²) in [6, 6.07) is 13.3. The van der Waals surface area contributed by atoms with Crippen LogP contribution >= 0.6 is 0 Å². The zero-order valence-electron chi connectivity index (χ0n) is 15.7. The van der Waals surface area contributed by atoms with Crippen LogP contribution in [0.2, 0.25) is 0 Å². The van der Waals surface area contributed by atoms with Crippen LogP contribution in [0.3, 0.4) is 0 Å². The Balaban J connectivity index is 1.56. The summed E-state index contributed by atoms with van der Waals surface area (Å²) in [6.45, 7) is 0.101. The maximum Gasteiger partial charge on any atom is 0.410 e. The van der Waals surface area contributed by atoms with Crippen molar-refractivity contribution in [3.63, 3.8) is 0 Å². The van der Waals surface area contributed by atoms with E-state index in [-0.39, 0.29) is 24.5 Å².